The molecule has 5 atom stereocenters. The van der Waals surface area contributed by atoms with E-state index in [1.165, 1.54) is 16.8 Å². The SMILES string of the molecule is COC[C@H]1O[C@@H](n2ccc(=O)[nH]c2=O)[C@@H](C)C1OP(OCCC#N)N(C(C)C)C(C)C. The van der Waals surface area contributed by atoms with Crippen LogP contribution < -0.4 is 11.2 Å². The number of aromatic nitrogens is 2. The molecule has 31 heavy (non-hydrogen) atoms. The smallest absolute Gasteiger partial charge is 0.330 e. The number of nitriles is 1. The lowest BCUT2D eigenvalue weighted by atomic mass is 10.0. The third-order valence-electron chi connectivity index (χ3n) is 4.98. The quantitative estimate of drug-likeness (QED) is 0.398. The number of rotatable bonds is 11. The van der Waals surface area contributed by atoms with Gasteiger partial charge in [0.05, 0.1) is 25.7 Å². The lowest BCUT2D eigenvalue weighted by Gasteiger charge is -2.38. The molecule has 0 radical (unpaired) electrons. The summed E-state index contributed by atoms with van der Waals surface area (Å²) in [6.07, 6.45) is 0.207. The van der Waals surface area contributed by atoms with Crippen LogP contribution in [0.5, 0.6) is 0 Å². The normalized spacial score (nSPS) is 24.8. The lowest BCUT2D eigenvalue weighted by Crippen LogP contribution is -2.38. The van der Waals surface area contributed by atoms with Crippen molar-refractivity contribution in [2.24, 2.45) is 5.92 Å². The minimum absolute atomic E-state index is 0.157. The van der Waals surface area contributed by atoms with Crippen LogP contribution in [0.1, 0.15) is 47.3 Å². The molecule has 10 nitrogen and oxygen atoms in total. The van der Waals surface area contributed by atoms with Crippen molar-refractivity contribution < 1.29 is 18.5 Å². The van der Waals surface area contributed by atoms with Crippen molar-refractivity contribution in [2.75, 3.05) is 20.3 Å². The number of hydrogen-bond acceptors (Lipinski definition) is 8. The summed E-state index contributed by atoms with van der Waals surface area (Å²) < 4.78 is 27.5. The van der Waals surface area contributed by atoms with E-state index in [0.717, 1.165) is 0 Å². The van der Waals surface area contributed by atoms with Gasteiger partial charge < -0.3 is 18.5 Å². The third kappa shape index (κ3) is 6.45. The Bertz CT molecular complexity index is 843. The standard InChI is InChI=1S/C20H33N4O6P/c1-13(2)24(14(3)4)31(28-11-7-9-21)30-18-15(5)19(29-16(18)12-27-6)23-10-8-17(25)22-20(23)26/h8,10,13-16,18-19H,7,11-12H2,1-6H3,(H,22,25,26)/t15-,16+,18?,19+,31?/m0/s1. The Hall–Kier alpha value is -1.60. The molecule has 0 bridgehead atoms. The zero-order valence-electron chi connectivity index (χ0n) is 19.0. The summed E-state index contributed by atoms with van der Waals surface area (Å²) in [6.45, 7) is 10.7. The van der Waals surface area contributed by atoms with Crippen LogP contribution in [-0.2, 0) is 18.5 Å². The summed E-state index contributed by atoms with van der Waals surface area (Å²) in [5.74, 6) is -0.227. The molecular formula is C20H33N4O6P. The Morgan fingerprint density at radius 1 is 1.32 bits per heavy atom. The number of nitrogens with zero attached hydrogens (tertiary/aromatic N) is 3. The first-order valence-electron chi connectivity index (χ1n) is 10.4. The number of nitrogens with one attached hydrogen (secondary N) is 1. The van der Waals surface area contributed by atoms with E-state index in [4.69, 9.17) is 23.8 Å². The molecule has 1 fully saturated rings. The van der Waals surface area contributed by atoms with E-state index in [1.807, 2.05) is 6.92 Å². The van der Waals surface area contributed by atoms with Gasteiger partial charge >= 0.3 is 5.69 Å². The predicted octanol–water partition coefficient (Wildman–Crippen LogP) is 2.38. The van der Waals surface area contributed by atoms with Crippen molar-refractivity contribution in [1.82, 2.24) is 14.2 Å². The monoisotopic (exact) mass is 456 g/mol. The summed E-state index contributed by atoms with van der Waals surface area (Å²) >= 11 is 0. The van der Waals surface area contributed by atoms with Gasteiger partial charge in [-0.05, 0) is 27.7 Å². The van der Waals surface area contributed by atoms with E-state index in [2.05, 4.69) is 43.4 Å². The molecule has 2 heterocycles. The van der Waals surface area contributed by atoms with Crippen LogP contribution in [0, 0.1) is 17.2 Å². The van der Waals surface area contributed by atoms with Crippen LogP contribution in [0.4, 0.5) is 0 Å². The van der Waals surface area contributed by atoms with E-state index >= 15 is 0 Å². The van der Waals surface area contributed by atoms with Crippen molar-refractivity contribution in [1.29, 1.82) is 5.26 Å². The maximum absolute atomic E-state index is 12.3. The molecule has 11 heteroatoms. The first-order chi connectivity index (χ1) is 14.7. The van der Waals surface area contributed by atoms with E-state index < -0.39 is 38.2 Å². The van der Waals surface area contributed by atoms with Gasteiger partial charge in [0, 0.05) is 37.4 Å². The van der Waals surface area contributed by atoms with Gasteiger partial charge in [0.1, 0.15) is 18.4 Å². The van der Waals surface area contributed by atoms with Crippen molar-refractivity contribution in [3.63, 3.8) is 0 Å². The van der Waals surface area contributed by atoms with Crippen LogP contribution in [0.25, 0.3) is 0 Å². The highest BCUT2D eigenvalue weighted by Crippen LogP contribution is 2.51. The summed E-state index contributed by atoms with van der Waals surface area (Å²) in [5.41, 5.74) is -1.01. The fourth-order valence-electron chi connectivity index (χ4n) is 3.69. The predicted molar refractivity (Wildman–Crippen MR) is 116 cm³/mol. The highest BCUT2D eigenvalue weighted by molar-refractivity contribution is 7.44. The molecule has 0 amide bonds. The van der Waals surface area contributed by atoms with Gasteiger partial charge in [-0.15, -0.1) is 0 Å². The first kappa shape index (κ1) is 25.7. The first-order valence-corrected chi connectivity index (χ1v) is 11.5. The molecule has 0 aromatic carbocycles. The van der Waals surface area contributed by atoms with Crippen molar-refractivity contribution >= 4 is 8.53 Å². The summed E-state index contributed by atoms with van der Waals surface area (Å²) in [7, 11) is 0.0859. The Morgan fingerprint density at radius 2 is 2.00 bits per heavy atom. The minimum Gasteiger partial charge on any atom is -0.382 e. The summed E-state index contributed by atoms with van der Waals surface area (Å²) in [4.78, 5) is 26.0. The van der Waals surface area contributed by atoms with Crippen molar-refractivity contribution in [3.05, 3.63) is 33.1 Å². The molecule has 1 N–H and O–H groups in total. The molecule has 2 unspecified atom stereocenters. The average Bonchev–Trinajstić information content (AvgIpc) is 2.97. The molecule has 174 valence electrons. The van der Waals surface area contributed by atoms with Crippen LogP contribution in [-0.4, -0.2) is 58.8 Å². The minimum atomic E-state index is -1.49. The number of methoxy groups -OCH3 is 1. The summed E-state index contributed by atoms with van der Waals surface area (Å²) in [5, 5.41) is 8.91. The van der Waals surface area contributed by atoms with Crippen molar-refractivity contribution in [2.45, 2.75) is 71.6 Å². The van der Waals surface area contributed by atoms with Gasteiger partial charge in [0.25, 0.3) is 14.1 Å². The van der Waals surface area contributed by atoms with Gasteiger partial charge in [-0.3, -0.25) is 14.3 Å². The van der Waals surface area contributed by atoms with Crippen LogP contribution >= 0.6 is 8.53 Å². The van der Waals surface area contributed by atoms with Gasteiger partial charge in [0.15, 0.2) is 0 Å². The second-order valence-corrected chi connectivity index (χ2v) is 9.42. The van der Waals surface area contributed by atoms with E-state index in [-0.39, 0.29) is 37.6 Å². The fraction of sp³-hybridized carbons (Fsp3) is 0.750. The third-order valence-corrected chi connectivity index (χ3v) is 7.11. The van der Waals surface area contributed by atoms with Crippen LogP contribution in [0.15, 0.2) is 21.9 Å². The van der Waals surface area contributed by atoms with Gasteiger partial charge in [-0.25, -0.2) is 9.46 Å². The molecule has 0 spiro atoms. The molecule has 1 aliphatic heterocycles. The average molecular weight is 456 g/mol. The molecular weight excluding hydrogens is 423 g/mol. The van der Waals surface area contributed by atoms with Gasteiger partial charge in [0.2, 0.25) is 0 Å². The van der Waals surface area contributed by atoms with Crippen LogP contribution in [0.3, 0.4) is 0 Å². The zero-order chi connectivity index (χ0) is 23.1. The topological polar surface area (TPSA) is 119 Å². The highest BCUT2D eigenvalue weighted by Gasteiger charge is 2.46. The second-order valence-electron chi connectivity index (χ2n) is 8.01. The molecule has 1 aliphatic rings. The Morgan fingerprint density at radius 3 is 2.55 bits per heavy atom. The van der Waals surface area contributed by atoms with E-state index in [9.17, 15) is 9.59 Å². The largest absolute Gasteiger partial charge is 0.382 e. The van der Waals surface area contributed by atoms with Crippen LogP contribution in [0.2, 0.25) is 0 Å². The number of hydrogen-bond donors (Lipinski definition) is 1. The molecule has 1 saturated heterocycles. The van der Waals surface area contributed by atoms with Gasteiger partial charge in [-0.1, -0.05) is 6.92 Å². The lowest BCUT2D eigenvalue weighted by molar-refractivity contribution is -0.0544. The van der Waals surface area contributed by atoms with Gasteiger partial charge in [-0.2, -0.15) is 5.26 Å². The number of aromatic amines is 1. The van der Waals surface area contributed by atoms with Crippen molar-refractivity contribution in [3.8, 4) is 6.07 Å². The van der Waals surface area contributed by atoms with E-state index in [0.29, 0.717) is 0 Å². The Labute approximate surface area is 184 Å². The zero-order valence-corrected chi connectivity index (χ0v) is 19.9. The molecule has 0 aliphatic carbocycles. The molecule has 1 aromatic heterocycles. The molecule has 1 aromatic rings. The Balaban J connectivity index is 2.32. The molecule has 0 saturated carbocycles. The summed E-state index contributed by atoms with van der Waals surface area (Å²) in [6, 6.07) is 3.69. The Kier molecular flexibility index (Phi) is 9.82. The number of ether oxygens (including phenoxy) is 2. The maximum Gasteiger partial charge on any atom is 0.330 e. The fourth-order valence-corrected chi connectivity index (χ4v) is 5.53. The van der Waals surface area contributed by atoms with E-state index in [1.54, 1.807) is 7.11 Å². The molecule has 2 rings (SSSR count). The number of H-pyrrole nitrogens is 1. The highest BCUT2D eigenvalue weighted by atomic mass is 31.2. The second kappa shape index (κ2) is 11.9. The maximum atomic E-state index is 12.3.